The van der Waals surface area contributed by atoms with Crippen molar-refractivity contribution in [1.82, 2.24) is 9.80 Å². The molecule has 0 bridgehead atoms. The first-order valence-electron chi connectivity index (χ1n) is 6.46. The van der Waals surface area contributed by atoms with Crippen molar-refractivity contribution in [3.05, 3.63) is 35.4 Å². The fraction of sp³-hybridized carbons (Fsp3) is 0.429. The van der Waals surface area contributed by atoms with Crippen molar-refractivity contribution in [2.24, 2.45) is 5.73 Å². The number of amides is 2. The highest BCUT2D eigenvalue weighted by atomic mass is 16.2. The average molecular weight is 261 g/mol. The minimum absolute atomic E-state index is 0.00394. The number of nitrogens with two attached hydrogens (primary N) is 1. The molecule has 1 aliphatic rings. The van der Waals surface area contributed by atoms with Gasteiger partial charge in [-0.3, -0.25) is 9.59 Å². The molecular formula is C14H19N3O2. The van der Waals surface area contributed by atoms with E-state index in [1.807, 2.05) is 24.3 Å². The van der Waals surface area contributed by atoms with E-state index in [-0.39, 0.29) is 11.8 Å². The molecule has 1 aliphatic heterocycles. The first kappa shape index (κ1) is 13.5. The molecule has 0 atom stereocenters. The SMILES string of the molecule is CC(=O)N1CCN(C(=O)c2ccccc2CN)CC1. The zero-order valence-electron chi connectivity index (χ0n) is 11.1. The minimum Gasteiger partial charge on any atom is -0.339 e. The number of hydrogen-bond donors (Lipinski definition) is 1. The van der Waals surface area contributed by atoms with E-state index in [1.165, 1.54) is 0 Å². The van der Waals surface area contributed by atoms with Crippen LogP contribution in [0.15, 0.2) is 24.3 Å². The number of benzene rings is 1. The maximum absolute atomic E-state index is 12.4. The van der Waals surface area contributed by atoms with Crippen LogP contribution in [0.3, 0.4) is 0 Å². The number of piperazine rings is 1. The second-order valence-electron chi connectivity index (χ2n) is 4.66. The fourth-order valence-electron chi connectivity index (χ4n) is 2.30. The van der Waals surface area contributed by atoms with Crippen molar-refractivity contribution in [2.75, 3.05) is 26.2 Å². The van der Waals surface area contributed by atoms with E-state index in [0.29, 0.717) is 38.3 Å². The molecule has 5 nitrogen and oxygen atoms in total. The molecule has 1 heterocycles. The molecule has 102 valence electrons. The standard InChI is InChI=1S/C14H19N3O2/c1-11(18)16-6-8-17(9-7-16)14(19)13-5-3-2-4-12(13)10-15/h2-5H,6-10,15H2,1H3. The predicted octanol–water partition coefficient (Wildman–Crippen LogP) is 0.450. The molecule has 0 unspecified atom stereocenters. The van der Waals surface area contributed by atoms with Gasteiger partial charge in [0, 0.05) is 45.2 Å². The maximum atomic E-state index is 12.4. The maximum Gasteiger partial charge on any atom is 0.254 e. The molecule has 1 aromatic rings. The van der Waals surface area contributed by atoms with Crippen LogP contribution >= 0.6 is 0 Å². The average Bonchev–Trinajstić information content (AvgIpc) is 2.46. The largest absolute Gasteiger partial charge is 0.339 e. The molecule has 0 aliphatic carbocycles. The first-order valence-corrected chi connectivity index (χ1v) is 6.46. The lowest BCUT2D eigenvalue weighted by atomic mass is 10.1. The summed E-state index contributed by atoms with van der Waals surface area (Å²) in [6.07, 6.45) is 0. The molecular weight excluding hydrogens is 242 g/mol. The smallest absolute Gasteiger partial charge is 0.254 e. The van der Waals surface area contributed by atoms with Gasteiger partial charge in [0.25, 0.3) is 5.91 Å². The molecule has 0 saturated carbocycles. The lowest BCUT2D eigenvalue weighted by molar-refractivity contribution is -0.130. The van der Waals surface area contributed by atoms with Crippen molar-refractivity contribution in [3.63, 3.8) is 0 Å². The van der Waals surface area contributed by atoms with Gasteiger partial charge in [-0.05, 0) is 11.6 Å². The Kier molecular flexibility index (Phi) is 4.16. The fourth-order valence-corrected chi connectivity index (χ4v) is 2.30. The van der Waals surface area contributed by atoms with Gasteiger partial charge in [0.2, 0.25) is 5.91 Å². The summed E-state index contributed by atoms with van der Waals surface area (Å²) in [5, 5.41) is 0. The topological polar surface area (TPSA) is 66.6 Å². The summed E-state index contributed by atoms with van der Waals surface area (Å²) in [5.41, 5.74) is 7.19. The first-order chi connectivity index (χ1) is 9.13. The Hall–Kier alpha value is -1.88. The van der Waals surface area contributed by atoms with Gasteiger partial charge in [-0.1, -0.05) is 18.2 Å². The number of carbonyl (C=O) groups excluding carboxylic acids is 2. The molecule has 0 spiro atoms. The molecule has 1 aromatic carbocycles. The van der Waals surface area contributed by atoms with Crippen LogP contribution in [0.4, 0.5) is 0 Å². The molecule has 2 amide bonds. The molecule has 1 saturated heterocycles. The van der Waals surface area contributed by atoms with E-state index in [2.05, 4.69) is 0 Å². The zero-order valence-corrected chi connectivity index (χ0v) is 11.1. The number of carbonyl (C=O) groups is 2. The summed E-state index contributed by atoms with van der Waals surface area (Å²) in [4.78, 5) is 27.2. The monoisotopic (exact) mass is 261 g/mol. The predicted molar refractivity (Wildman–Crippen MR) is 72.5 cm³/mol. The summed E-state index contributed by atoms with van der Waals surface area (Å²) in [6, 6.07) is 7.41. The summed E-state index contributed by atoms with van der Waals surface area (Å²) in [7, 11) is 0. The van der Waals surface area contributed by atoms with E-state index in [4.69, 9.17) is 5.73 Å². The van der Waals surface area contributed by atoms with Crippen LogP contribution in [0.25, 0.3) is 0 Å². The highest BCUT2D eigenvalue weighted by molar-refractivity contribution is 5.95. The summed E-state index contributed by atoms with van der Waals surface area (Å²) < 4.78 is 0. The molecule has 2 rings (SSSR count). The Balaban J connectivity index is 2.07. The van der Waals surface area contributed by atoms with Gasteiger partial charge in [0.15, 0.2) is 0 Å². The second kappa shape index (κ2) is 5.84. The number of rotatable bonds is 2. The number of hydrogen-bond acceptors (Lipinski definition) is 3. The summed E-state index contributed by atoms with van der Waals surface area (Å²) >= 11 is 0. The summed E-state index contributed by atoms with van der Waals surface area (Å²) in [6.45, 7) is 4.28. The van der Waals surface area contributed by atoms with Gasteiger partial charge in [0.1, 0.15) is 0 Å². The van der Waals surface area contributed by atoms with Crippen LogP contribution in [0.1, 0.15) is 22.8 Å². The molecule has 1 fully saturated rings. The lowest BCUT2D eigenvalue weighted by Crippen LogP contribution is -2.50. The zero-order chi connectivity index (χ0) is 13.8. The van der Waals surface area contributed by atoms with Crippen molar-refractivity contribution in [2.45, 2.75) is 13.5 Å². The molecule has 0 aromatic heterocycles. The lowest BCUT2D eigenvalue weighted by Gasteiger charge is -2.34. The second-order valence-corrected chi connectivity index (χ2v) is 4.66. The van der Waals surface area contributed by atoms with Crippen LogP contribution in [-0.4, -0.2) is 47.8 Å². The van der Waals surface area contributed by atoms with Gasteiger partial charge in [-0.15, -0.1) is 0 Å². The van der Waals surface area contributed by atoms with Gasteiger partial charge < -0.3 is 15.5 Å². The van der Waals surface area contributed by atoms with E-state index in [1.54, 1.807) is 16.7 Å². The third-order valence-corrected chi connectivity index (χ3v) is 3.48. The normalized spacial score (nSPS) is 15.5. The van der Waals surface area contributed by atoms with Crippen molar-refractivity contribution >= 4 is 11.8 Å². The van der Waals surface area contributed by atoms with Gasteiger partial charge in [-0.2, -0.15) is 0 Å². The van der Waals surface area contributed by atoms with Crippen LogP contribution in [-0.2, 0) is 11.3 Å². The Labute approximate surface area is 113 Å². The van der Waals surface area contributed by atoms with Crippen LogP contribution in [0, 0.1) is 0 Å². The number of nitrogens with zero attached hydrogens (tertiary/aromatic N) is 2. The van der Waals surface area contributed by atoms with Crippen LogP contribution < -0.4 is 5.73 Å². The highest BCUT2D eigenvalue weighted by Gasteiger charge is 2.24. The van der Waals surface area contributed by atoms with Crippen LogP contribution in [0.5, 0.6) is 0 Å². The van der Waals surface area contributed by atoms with Crippen molar-refractivity contribution in [3.8, 4) is 0 Å². The third-order valence-electron chi connectivity index (χ3n) is 3.48. The van der Waals surface area contributed by atoms with Crippen LogP contribution in [0.2, 0.25) is 0 Å². The third kappa shape index (κ3) is 2.93. The Morgan fingerprint density at radius 2 is 1.68 bits per heavy atom. The Bertz CT molecular complexity index is 479. The van der Waals surface area contributed by atoms with Crippen molar-refractivity contribution < 1.29 is 9.59 Å². The van der Waals surface area contributed by atoms with Gasteiger partial charge in [0.05, 0.1) is 0 Å². The molecule has 19 heavy (non-hydrogen) atoms. The quantitative estimate of drug-likeness (QED) is 0.840. The van der Waals surface area contributed by atoms with E-state index >= 15 is 0 Å². The minimum atomic E-state index is 0.00394. The van der Waals surface area contributed by atoms with Gasteiger partial charge >= 0.3 is 0 Å². The summed E-state index contributed by atoms with van der Waals surface area (Å²) in [5.74, 6) is 0.0682. The Morgan fingerprint density at radius 3 is 2.26 bits per heavy atom. The molecule has 2 N–H and O–H groups in total. The molecule has 0 radical (unpaired) electrons. The van der Waals surface area contributed by atoms with Gasteiger partial charge in [-0.25, -0.2) is 0 Å². The Morgan fingerprint density at radius 1 is 1.11 bits per heavy atom. The van der Waals surface area contributed by atoms with E-state index < -0.39 is 0 Å². The van der Waals surface area contributed by atoms with Crippen molar-refractivity contribution in [1.29, 1.82) is 0 Å². The highest BCUT2D eigenvalue weighted by Crippen LogP contribution is 2.13. The van der Waals surface area contributed by atoms with E-state index in [9.17, 15) is 9.59 Å². The molecule has 5 heteroatoms. The van der Waals surface area contributed by atoms with E-state index in [0.717, 1.165) is 5.56 Å².